The highest BCUT2D eigenvalue weighted by molar-refractivity contribution is 5.94. The summed E-state index contributed by atoms with van der Waals surface area (Å²) in [4.78, 5) is 35.2. The van der Waals surface area contributed by atoms with Crippen molar-refractivity contribution in [3.05, 3.63) is 118 Å². The van der Waals surface area contributed by atoms with Crippen LogP contribution in [0, 0.1) is 30.9 Å². The van der Waals surface area contributed by atoms with Crippen LogP contribution >= 0.6 is 0 Å². The number of amides is 1. The molecule has 1 N–H and O–H groups in total. The molecule has 1 fully saturated rings. The quantitative estimate of drug-likeness (QED) is 0.180. The molecular weight excluding hydrogens is 636 g/mol. The van der Waals surface area contributed by atoms with Crippen molar-refractivity contribution in [3.63, 3.8) is 0 Å². The molecule has 1 amide bonds. The first-order valence-corrected chi connectivity index (χ1v) is 17.1. The third-order valence-electron chi connectivity index (χ3n) is 9.26. The second-order valence-electron chi connectivity index (χ2n) is 15.0. The van der Waals surface area contributed by atoms with Crippen molar-refractivity contribution in [3.8, 4) is 11.1 Å². The van der Waals surface area contributed by atoms with E-state index in [1.54, 1.807) is 23.1 Å². The van der Waals surface area contributed by atoms with Gasteiger partial charge in [0.05, 0.1) is 16.9 Å². The fraction of sp³-hybridized carbons (Fsp3) is 0.390. The number of rotatable bonds is 10. The topological polar surface area (TPSA) is 83.0 Å². The second-order valence-corrected chi connectivity index (χ2v) is 15.0. The molecule has 0 aliphatic carbocycles. The summed E-state index contributed by atoms with van der Waals surface area (Å²) in [6.07, 6.45) is 0.668. The number of hydrogen-bond acceptors (Lipinski definition) is 5. The summed E-state index contributed by atoms with van der Waals surface area (Å²) in [5.41, 5.74) is 5.37. The molecule has 1 atom stereocenters. The average molecular weight is 684 g/mol. The Bertz CT molecular complexity index is 1840. The molecule has 264 valence electrons. The van der Waals surface area contributed by atoms with Crippen molar-refractivity contribution in [1.82, 2.24) is 9.88 Å². The van der Waals surface area contributed by atoms with E-state index in [9.17, 15) is 23.5 Å². The maximum atomic E-state index is 14.7. The molecule has 1 saturated heterocycles. The molecule has 7 nitrogen and oxygen atoms in total. The molecule has 0 saturated carbocycles. The fourth-order valence-electron chi connectivity index (χ4n) is 6.57. The molecule has 2 heterocycles. The Hall–Kier alpha value is -4.63. The summed E-state index contributed by atoms with van der Waals surface area (Å²) in [5.74, 6) is -2.55. The minimum atomic E-state index is -1.23. The molecule has 0 radical (unpaired) electrons. The van der Waals surface area contributed by atoms with E-state index in [1.165, 1.54) is 30.3 Å². The van der Waals surface area contributed by atoms with Gasteiger partial charge in [0, 0.05) is 48.7 Å². The normalized spacial score (nSPS) is 15.1. The SMILES string of the molecule is Cc1nc(C)c([C@H](OC(C)(C)C)C(=O)O)c(N2CCC(C)(C)CC2)c1-c1ccc(CN(Cc2ccc(F)cc2)C(=O)c2ccccc2F)cc1. The number of anilines is 1. The Balaban J connectivity index is 1.56. The number of carbonyl (C=O) groups excluding carboxylic acids is 1. The first-order chi connectivity index (χ1) is 23.5. The van der Waals surface area contributed by atoms with Crippen molar-refractivity contribution < 1.29 is 28.2 Å². The first kappa shape index (κ1) is 36.6. The van der Waals surface area contributed by atoms with Crippen molar-refractivity contribution in [1.29, 1.82) is 0 Å². The molecule has 0 unspecified atom stereocenters. The van der Waals surface area contributed by atoms with Crippen LogP contribution in [0.15, 0.2) is 72.8 Å². The van der Waals surface area contributed by atoms with E-state index in [2.05, 4.69) is 18.7 Å². The van der Waals surface area contributed by atoms with Gasteiger partial charge in [0.2, 0.25) is 0 Å². The minimum Gasteiger partial charge on any atom is -0.479 e. The van der Waals surface area contributed by atoms with E-state index in [0.717, 1.165) is 54.0 Å². The summed E-state index contributed by atoms with van der Waals surface area (Å²) >= 11 is 0. The largest absolute Gasteiger partial charge is 0.479 e. The summed E-state index contributed by atoms with van der Waals surface area (Å²) in [6, 6.07) is 19.5. The zero-order chi connectivity index (χ0) is 36.4. The molecule has 9 heteroatoms. The van der Waals surface area contributed by atoms with Crippen LogP contribution in [0.3, 0.4) is 0 Å². The van der Waals surface area contributed by atoms with Crippen molar-refractivity contribution in [2.24, 2.45) is 5.41 Å². The van der Waals surface area contributed by atoms with Gasteiger partial charge in [-0.2, -0.15) is 0 Å². The minimum absolute atomic E-state index is 0.0417. The summed E-state index contributed by atoms with van der Waals surface area (Å²) < 4.78 is 34.6. The fourth-order valence-corrected chi connectivity index (χ4v) is 6.57. The van der Waals surface area contributed by atoms with Crippen LogP contribution in [-0.4, -0.2) is 45.6 Å². The Morgan fingerprint density at radius 1 is 0.900 bits per heavy atom. The molecule has 0 bridgehead atoms. The lowest BCUT2D eigenvalue weighted by Gasteiger charge is -2.41. The van der Waals surface area contributed by atoms with Crippen molar-refractivity contribution in [2.45, 2.75) is 86.1 Å². The Morgan fingerprint density at radius 3 is 2.00 bits per heavy atom. The zero-order valence-electron chi connectivity index (χ0n) is 30.0. The van der Waals surface area contributed by atoms with Gasteiger partial charge in [-0.05, 0) is 93.8 Å². The van der Waals surface area contributed by atoms with Gasteiger partial charge in [-0.1, -0.05) is 62.4 Å². The third kappa shape index (κ3) is 8.56. The predicted molar refractivity (Wildman–Crippen MR) is 192 cm³/mol. The number of hydrogen-bond donors (Lipinski definition) is 1. The molecular formula is C41H47F2N3O4. The molecule has 1 aliphatic heterocycles. The lowest BCUT2D eigenvalue weighted by Crippen LogP contribution is -2.39. The van der Waals surface area contributed by atoms with Gasteiger partial charge in [-0.3, -0.25) is 9.78 Å². The molecule has 50 heavy (non-hydrogen) atoms. The van der Waals surface area contributed by atoms with Crippen LogP contribution in [0.25, 0.3) is 11.1 Å². The number of aliphatic carboxylic acids is 1. The van der Waals surface area contributed by atoms with Gasteiger partial charge < -0.3 is 19.6 Å². The molecule has 0 spiro atoms. The monoisotopic (exact) mass is 683 g/mol. The second kappa shape index (κ2) is 14.7. The van der Waals surface area contributed by atoms with E-state index in [-0.39, 0.29) is 29.9 Å². The number of piperidine rings is 1. The van der Waals surface area contributed by atoms with E-state index in [0.29, 0.717) is 16.8 Å². The number of ether oxygens (including phenoxy) is 1. The number of aryl methyl sites for hydroxylation is 2. The Labute approximate surface area is 293 Å². The summed E-state index contributed by atoms with van der Waals surface area (Å²) in [5, 5.41) is 10.5. The highest BCUT2D eigenvalue weighted by Crippen LogP contribution is 2.45. The number of aromatic nitrogens is 1. The molecule has 1 aromatic heterocycles. The molecule has 5 rings (SSSR count). The lowest BCUT2D eigenvalue weighted by molar-refractivity contribution is -0.160. The van der Waals surface area contributed by atoms with Crippen molar-refractivity contribution in [2.75, 3.05) is 18.0 Å². The summed E-state index contributed by atoms with van der Waals surface area (Å²) in [6.45, 7) is 15.7. The lowest BCUT2D eigenvalue weighted by atomic mass is 9.81. The van der Waals surface area contributed by atoms with E-state index >= 15 is 0 Å². The highest BCUT2D eigenvalue weighted by atomic mass is 19.1. The van der Waals surface area contributed by atoms with Gasteiger partial charge in [0.15, 0.2) is 6.10 Å². The van der Waals surface area contributed by atoms with E-state index < -0.39 is 29.4 Å². The smallest absolute Gasteiger partial charge is 0.337 e. The highest BCUT2D eigenvalue weighted by Gasteiger charge is 2.36. The zero-order valence-corrected chi connectivity index (χ0v) is 30.0. The first-order valence-electron chi connectivity index (χ1n) is 17.1. The number of benzene rings is 3. The number of halogens is 2. The van der Waals surface area contributed by atoms with Crippen LogP contribution in [0.2, 0.25) is 0 Å². The number of carbonyl (C=O) groups is 2. The molecule has 4 aromatic rings. The Morgan fingerprint density at radius 2 is 1.46 bits per heavy atom. The van der Waals surface area contributed by atoms with Crippen molar-refractivity contribution >= 4 is 17.6 Å². The van der Waals surface area contributed by atoms with Gasteiger partial charge in [-0.15, -0.1) is 0 Å². The van der Waals surface area contributed by atoms with Gasteiger partial charge in [0.25, 0.3) is 5.91 Å². The maximum Gasteiger partial charge on any atom is 0.337 e. The van der Waals surface area contributed by atoms with Crippen LogP contribution in [0.5, 0.6) is 0 Å². The van der Waals surface area contributed by atoms with Crippen LogP contribution in [0.1, 0.15) is 92.0 Å². The number of pyridine rings is 1. The maximum absolute atomic E-state index is 14.7. The van der Waals surface area contributed by atoms with Gasteiger partial charge >= 0.3 is 5.97 Å². The van der Waals surface area contributed by atoms with Gasteiger partial charge in [-0.25, -0.2) is 13.6 Å². The Kier molecular flexibility index (Phi) is 10.8. The number of carboxylic acids is 1. The number of carboxylic acid groups (broad SMARTS) is 1. The van der Waals surface area contributed by atoms with E-state index in [1.807, 2.05) is 58.9 Å². The average Bonchev–Trinajstić information content (AvgIpc) is 3.04. The molecule has 3 aromatic carbocycles. The summed E-state index contributed by atoms with van der Waals surface area (Å²) in [7, 11) is 0. The standard InChI is InChI=1S/C41H47F2N3O4/c1-26-34(36(45-22-20-41(6,7)21-23-45)35(27(2)44-26)37(39(48)49)50-40(3,4)5)30-16-12-28(13-17-30)24-46(25-29-14-18-31(42)19-15-29)38(47)32-10-8-9-11-33(32)43/h8-19,37H,20-25H2,1-7H3,(H,48,49)/t37-/m0/s1. The van der Waals surface area contributed by atoms with E-state index in [4.69, 9.17) is 9.72 Å². The van der Waals surface area contributed by atoms with Gasteiger partial charge in [0.1, 0.15) is 11.6 Å². The van der Waals surface area contributed by atoms with Crippen LogP contribution < -0.4 is 4.90 Å². The van der Waals surface area contributed by atoms with Crippen LogP contribution in [-0.2, 0) is 22.6 Å². The number of nitrogens with zero attached hydrogens (tertiary/aromatic N) is 3. The third-order valence-corrected chi connectivity index (χ3v) is 9.26. The molecule has 1 aliphatic rings. The predicted octanol–water partition coefficient (Wildman–Crippen LogP) is 9.05. The van der Waals surface area contributed by atoms with Crippen LogP contribution in [0.4, 0.5) is 14.5 Å².